The van der Waals surface area contributed by atoms with Crippen LogP contribution in [0.1, 0.15) is 23.2 Å². The molecule has 0 atom stereocenters. The zero-order valence-corrected chi connectivity index (χ0v) is 12.3. The topological polar surface area (TPSA) is 77.3 Å². The average Bonchev–Trinajstić information content (AvgIpc) is 2.94. The molecule has 102 valence electrons. The van der Waals surface area contributed by atoms with Gasteiger partial charge in [0.15, 0.2) is 4.67 Å². The molecule has 0 aromatic carbocycles. The molecule has 0 bridgehead atoms. The number of carbonyl (C=O) groups excluding carboxylic acids is 1. The third-order valence-electron chi connectivity index (χ3n) is 2.74. The lowest BCUT2D eigenvalue weighted by Gasteiger charge is -2.16. The van der Waals surface area contributed by atoms with Crippen LogP contribution in [0.2, 0.25) is 0 Å². The standard InChI is InChI=1S/C12H15BrN4O2/c1-3-17-11(9(14)6-15-17)12(18)16(2)7-8-4-5-10(13)19-8/h4-6H,3,7,14H2,1-2H3. The van der Waals surface area contributed by atoms with E-state index in [9.17, 15) is 4.79 Å². The second kappa shape index (κ2) is 5.48. The Labute approximate surface area is 119 Å². The van der Waals surface area contributed by atoms with Crippen LogP contribution in [0.25, 0.3) is 0 Å². The van der Waals surface area contributed by atoms with Gasteiger partial charge in [-0.1, -0.05) is 0 Å². The molecule has 1 amide bonds. The fraction of sp³-hybridized carbons (Fsp3) is 0.333. The minimum Gasteiger partial charge on any atom is -0.452 e. The molecule has 0 fully saturated rings. The van der Waals surface area contributed by atoms with Gasteiger partial charge in [-0.3, -0.25) is 9.48 Å². The molecule has 7 heteroatoms. The Morgan fingerprint density at radius 3 is 2.89 bits per heavy atom. The number of amides is 1. The van der Waals surface area contributed by atoms with Gasteiger partial charge in [-0.2, -0.15) is 5.10 Å². The van der Waals surface area contributed by atoms with Crippen molar-refractivity contribution in [2.45, 2.75) is 20.0 Å². The first kappa shape index (κ1) is 13.7. The molecule has 0 saturated carbocycles. The van der Waals surface area contributed by atoms with E-state index in [4.69, 9.17) is 10.2 Å². The summed E-state index contributed by atoms with van der Waals surface area (Å²) >= 11 is 3.23. The molecule has 6 nitrogen and oxygen atoms in total. The predicted molar refractivity (Wildman–Crippen MR) is 74.5 cm³/mol. The minimum absolute atomic E-state index is 0.177. The maximum atomic E-state index is 12.3. The third-order valence-corrected chi connectivity index (χ3v) is 3.16. The fourth-order valence-corrected chi connectivity index (χ4v) is 2.14. The summed E-state index contributed by atoms with van der Waals surface area (Å²) in [6, 6.07) is 3.60. The highest BCUT2D eigenvalue weighted by Gasteiger charge is 2.20. The molecule has 2 aromatic heterocycles. The van der Waals surface area contributed by atoms with Gasteiger partial charge in [0.2, 0.25) is 0 Å². The number of anilines is 1. The van der Waals surface area contributed by atoms with Crippen molar-refractivity contribution in [3.05, 3.63) is 34.5 Å². The molecule has 0 spiro atoms. The largest absolute Gasteiger partial charge is 0.452 e. The Morgan fingerprint density at radius 2 is 2.32 bits per heavy atom. The zero-order valence-electron chi connectivity index (χ0n) is 10.8. The molecule has 2 heterocycles. The number of nitrogen functional groups attached to an aromatic ring is 1. The second-order valence-electron chi connectivity index (χ2n) is 4.13. The van der Waals surface area contributed by atoms with E-state index < -0.39 is 0 Å². The van der Waals surface area contributed by atoms with Crippen LogP contribution in [0.3, 0.4) is 0 Å². The van der Waals surface area contributed by atoms with E-state index in [1.54, 1.807) is 22.7 Å². The lowest BCUT2D eigenvalue weighted by molar-refractivity contribution is 0.0764. The van der Waals surface area contributed by atoms with E-state index in [1.807, 2.05) is 13.0 Å². The normalized spacial score (nSPS) is 10.7. The number of aromatic nitrogens is 2. The Kier molecular flexibility index (Phi) is 3.94. The molecule has 2 aromatic rings. The molecule has 0 saturated heterocycles. The lowest BCUT2D eigenvalue weighted by Crippen LogP contribution is -2.29. The smallest absolute Gasteiger partial charge is 0.274 e. The molecular formula is C12H15BrN4O2. The van der Waals surface area contributed by atoms with E-state index in [0.717, 1.165) is 0 Å². The third kappa shape index (κ3) is 2.81. The number of hydrogen-bond acceptors (Lipinski definition) is 4. The highest BCUT2D eigenvalue weighted by atomic mass is 79.9. The number of furan rings is 1. The van der Waals surface area contributed by atoms with Crippen molar-refractivity contribution in [3.63, 3.8) is 0 Å². The summed E-state index contributed by atoms with van der Waals surface area (Å²) in [5, 5.41) is 4.06. The Morgan fingerprint density at radius 1 is 1.58 bits per heavy atom. The maximum absolute atomic E-state index is 12.3. The number of hydrogen-bond donors (Lipinski definition) is 1. The molecule has 2 N–H and O–H groups in total. The van der Waals surface area contributed by atoms with Gasteiger partial charge in [0.1, 0.15) is 11.5 Å². The molecule has 0 aliphatic carbocycles. The van der Waals surface area contributed by atoms with Gasteiger partial charge < -0.3 is 15.1 Å². The predicted octanol–water partition coefficient (Wildman–Crippen LogP) is 2.11. The van der Waals surface area contributed by atoms with Crippen LogP contribution in [0.5, 0.6) is 0 Å². The monoisotopic (exact) mass is 326 g/mol. The van der Waals surface area contributed by atoms with Gasteiger partial charge in [-0.25, -0.2) is 0 Å². The average molecular weight is 327 g/mol. The van der Waals surface area contributed by atoms with Gasteiger partial charge in [0.25, 0.3) is 5.91 Å². The van der Waals surface area contributed by atoms with Crippen LogP contribution in [-0.4, -0.2) is 27.6 Å². The van der Waals surface area contributed by atoms with Crippen LogP contribution < -0.4 is 5.73 Å². The van der Waals surface area contributed by atoms with Crippen molar-refractivity contribution in [2.24, 2.45) is 0 Å². The van der Waals surface area contributed by atoms with Crippen molar-refractivity contribution < 1.29 is 9.21 Å². The summed E-state index contributed by atoms with van der Waals surface area (Å²) < 4.78 is 7.61. The Hall–Kier alpha value is -1.76. The SMILES string of the molecule is CCn1ncc(N)c1C(=O)N(C)Cc1ccc(Br)o1. The first-order valence-corrected chi connectivity index (χ1v) is 6.63. The molecule has 0 unspecified atom stereocenters. The fourth-order valence-electron chi connectivity index (χ4n) is 1.80. The first-order valence-electron chi connectivity index (χ1n) is 5.84. The van der Waals surface area contributed by atoms with E-state index >= 15 is 0 Å². The summed E-state index contributed by atoms with van der Waals surface area (Å²) in [7, 11) is 1.70. The molecule has 0 aliphatic rings. The lowest BCUT2D eigenvalue weighted by atomic mass is 10.3. The van der Waals surface area contributed by atoms with E-state index in [1.165, 1.54) is 6.20 Å². The molecule has 2 rings (SSSR count). The van der Waals surface area contributed by atoms with Crippen molar-refractivity contribution in [2.75, 3.05) is 12.8 Å². The van der Waals surface area contributed by atoms with E-state index in [0.29, 0.717) is 34.9 Å². The van der Waals surface area contributed by atoms with E-state index in [-0.39, 0.29) is 5.91 Å². The van der Waals surface area contributed by atoms with Crippen molar-refractivity contribution in [3.8, 4) is 0 Å². The highest BCUT2D eigenvalue weighted by Crippen LogP contribution is 2.18. The summed E-state index contributed by atoms with van der Waals surface area (Å²) in [6.07, 6.45) is 1.49. The van der Waals surface area contributed by atoms with Crippen LogP contribution in [0.15, 0.2) is 27.4 Å². The van der Waals surface area contributed by atoms with Gasteiger partial charge in [0, 0.05) is 13.6 Å². The summed E-state index contributed by atoms with van der Waals surface area (Å²) in [6.45, 7) is 2.88. The number of halogens is 1. The number of aryl methyl sites for hydroxylation is 1. The van der Waals surface area contributed by atoms with Crippen molar-refractivity contribution >= 4 is 27.5 Å². The van der Waals surface area contributed by atoms with E-state index in [2.05, 4.69) is 21.0 Å². The van der Waals surface area contributed by atoms with Gasteiger partial charge >= 0.3 is 0 Å². The number of nitrogens with two attached hydrogens (primary N) is 1. The zero-order chi connectivity index (χ0) is 14.0. The maximum Gasteiger partial charge on any atom is 0.274 e. The summed E-state index contributed by atoms with van der Waals surface area (Å²) in [5.74, 6) is 0.522. The van der Waals surface area contributed by atoms with Gasteiger partial charge in [0.05, 0.1) is 18.4 Å². The van der Waals surface area contributed by atoms with Crippen LogP contribution in [0.4, 0.5) is 5.69 Å². The number of carbonyl (C=O) groups is 1. The summed E-state index contributed by atoms with van der Waals surface area (Å²) in [5.41, 5.74) is 6.59. The quantitative estimate of drug-likeness (QED) is 0.933. The molecule has 19 heavy (non-hydrogen) atoms. The van der Waals surface area contributed by atoms with Crippen molar-refractivity contribution in [1.82, 2.24) is 14.7 Å². The Balaban J connectivity index is 2.16. The van der Waals surface area contributed by atoms with Crippen molar-refractivity contribution in [1.29, 1.82) is 0 Å². The minimum atomic E-state index is -0.177. The van der Waals surface area contributed by atoms with Gasteiger partial charge in [-0.15, -0.1) is 0 Å². The van der Waals surface area contributed by atoms with Crippen LogP contribution >= 0.6 is 15.9 Å². The summed E-state index contributed by atoms with van der Waals surface area (Å²) in [4.78, 5) is 13.9. The highest BCUT2D eigenvalue weighted by molar-refractivity contribution is 9.10. The molecular weight excluding hydrogens is 312 g/mol. The van der Waals surface area contributed by atoms with Crippen LogP contribution in [-0.2, 0) is 13.1 Å². The Bertz CT molecular complexity index is 590. The van der Waals surface area contributed by atoms with Crippen LogP contribution in [0, 0.1) is 0 Å². The molecule has 0 radical (unpaired) electrons. The second-order valence-corrected chi connectivity index (χ2v) is 4.91. The number of nitrogens with zero attached hydrogens (tertiary/aromatic N) is 3. The number of rotatable bonds is 4. The first-order chi connectivity index (χ1) is 9.02. The molecule has 0 aliphatic heterocycles. The van der Waals surface area contributed by atoms with Gasteiger partial charge in [-0.05, 0) is 35.0 Å².